The highest BCUT2D eigenvalue weighted by Gasteiger charge is 2.45. The lowest BCUT2D eigenvalue weighted by Crippen LogP contribution is -2.48. The first-order valence-electron chi connectivity index (χ1n) is 8.13. The van der Waals surface area contributed by atoms with Crippen molar-refractivity contribution < 1.29 is 9.90 Å². The maximum Gasteiger partial charge on any atom is 0.257 e. The van der Waals surface area contributed by atoms with E-state index in [1.165, 1.54) is 12.4 Å². The Kier molecular flexibility index (Phi) is 3.37. The van der Waals surface area contributed by atoms with Crippen LogP contribution in [0.2, 0.25) is 0 Å². The number of piperidine rings is 1. The molecule has 1 saturated heterocycles. The first-order chi connectivity index (χ1) is 11.6. The van der Waals surface area contributed by atoms with Gasteiger partial charge >= 0.3 is 0 Å². The highest BCUT2D eigenvalue weighted by atomic mass is 16.3. The van der Waals surface area contributed by atoms with E-state index in [0.29, 0.717) is 18.7 Å². The molecule has 2 aromatic heterocycles. The molecule has 3 N–H and O–H groups in total. The third-order valence-electron chi connectivity index (χ3n) is 5.15. The van der Waals surface area contributed by atoms with Crippen LogP contribution in [0, 0.1) is 0 Å². The Hall–Kier alpha value is -2.70. The Labute approximate surface area is 139 Å². The molecule has 0 radical (unpaired) electrons. The molecular weight excluding hydrogens is 306 g/mol. The van der Waals surface area contributed by atoms with Crippen LogP contribution >= 0.6 is 0 Å². The van der Waals surface area contributed by atoms with E-state index in [-0.39, 0.29) is 23.0 Å². The molecule has 1 amide bonds. The number of nitrogens with zero attached hydrogens (tertiary/aromatic N) is 4. The van der Waals surface area contributed by atoms with E-state index >= 15 is 0 Å². The molecule has 0 aromatic carbocycles. The molecule has 7 nitrogen and oxygen atoms in total. The number of aromatic nitrogens is 3. The second-order valence-electron chi connectivity index (χ2n) is 6.61. The summed E-state index contributed by atoms with van der Waals surface area (Å²) in [6.07, 6.45) is 8.38. The molecule has 2 aliphatic rings. The Morgan fingerprint density at radius 2 is 2.21 bits per heavy atom. The molecule has 1 aliphatic carbocycles. The zero-order valence-corrected chi connectivity index (χ0v) is 13.3. The maximum atomic E-state index is 12.8. The predicted molar refractivity (Wildman–Crippen MR) is 87.5 cm³/mol. The van der Waals surface area contributed by atoms with Crippen molar-refractivity contribution in [2.24, 2.45) is 0 Å². The van der Waals surface area contributed by atoms with Gasteiger partial charge < -0.3 is 15.7 Å². The van der Waals surface area contributed by atoms with Gasteiger partial charge in [-0.05, 0) is 37.3 Å². The van der Waals surface area contributed by atoms with Crippen molar-refractivity contribution >= 4 is 11.9 Å². The fourth-order valence-corrected chi connectivity index (χ4v) is 3.99. The molecule has 3 heterocycles. The van der Waals surface area contributed by atoms with Crippen LogP contribution in [0.15, 0.2) is 24.7 Å². The number of rotatable bonds is 1. The van der Waals surface area contributed by atoms with E-state index in [2.05, 4.69) is 15.0 Å². The van der Waals surface area contributed by atoms with E-state index in [0.717, 1.165) is 36.9 Å². The summed E-state index contributed by atoms with van der Waals surface area (Å²) < 4.78 is 0. The molecule has 0 saturated carbocycles. The average Bonchev–Trinajstić information content (AvgIpc) is 2.92. The number of hydrogen-bond acceptors (Lipinski definition) is 6. The smallest absolute Gasteiger partial charge is 0.257 e. The van der Waals surface area contributed by atoms with Crippen molar-refractivity contribution in [1.82, 2.24) is 19.9 Å². The van der Waals surface area contributed by atoms with E-state index < -0.39 is 0 Å². The Balaban J connectivity index is 1.65. The molecule has 1 aliphatic heterocycles. The van der Waals surface area contributed by atoms with Crippen molar-refractivity contribution in [3.8, 4) is 5.75 Å². The van der Waals surface area contributed by atoms with Crippen LogP contribution in [0.3, 0.4) is 0 Å². The zero-order valence-electron chi connectivity index (χ0n) is 13.3. The number of likely N-dealkylation sites (tertiary alicyclic amines) is 1. The summed E-state index contributed by atoms with van der Waals surface area (Å²) in [5.41, 5.74) is 8.05. The average molecular weight is 325 g/mol. The molecule has 124 valence electrons. The molecule has 1 spiro atoms. The lowest BCUT2D eigenvalue weighted by molar-refractivity contribution is 0.0630. The molecule has 2 aromatic rings. The van der Waals surface area contributed by atoms with Crippen LogP contribution in [0.25, 0.3) is 0 Å². The molecule has 4 rings (SSSR count). The Bertz CT molecular complexity index is 805. The number of amides is 1. The number of hydrogen-bond donors (Lipinski definition) is 2. The van der Waals surface area contributed by atoms with Gasteiger partial charge in [-0.1, -0.05) is 0 Å². The van der Waals surface area contributed by atoms with Crippen LogP contribution in [0.1, 0.15) is 40.9 Å². The summed E-state index contributed by atoms with van der Waals surface area (Å²) in [7, 11) is 0. The van der Waals surface area contributed by atoms with Gasteiger partial charge in [0.15, 0.2) is 0 Å². The summed E-state index contributed by atoms with van der Waals surface area (Å²) in [5, 5.41) is 9.92. The van der Waals surface area contributed by atoms with Gasteiger partial charge in [0.25, 0.3) is 5.91 Å². The van der Waals surface area contributed by atoms with Crippen molar-refractivity contribution in [3.05, 3.63) is 41.5 Å². The Morgan fingerprint density at radius 3 is 3.04 bits per heavy atom. The van der Waals surface area contributed by atoms with Gasteiger partial charge in [0, 0.05) is 30.9 Å². The lowest BCUT2D eigenvalue weighted by atomic mass is 9.77. The number of nitrogen functional groups attached to an aromatic ring is 1. The van der Waals surface area contributed by atoms with Gasteiger partial charge in [-0.25, -0.2) is 9.97 Å². The lowest BCUT2D eigenvalue weighted by Gasteiger charge is -2.40. The third kappa shape index (κ3) is 2.28. The second kappa shape index (κ2) is 5.43. The molecule has 0 bridgehead atoms. The van der Waals surface area contributed by atoms with Gasteiger partial charge in [-0.3, -0.25) is 9.78 Å². The molecule has 24 heavy (non-hydrogen) atoms. The second-order valence-corrected chi connectivity index (χ2v) is 6.61. The predicted octanol–water partition coefficient (Wildman–Crippen LogP) is 1.28. The zero-order chi connectivity index (χ0) is 16.7. The number of carbonyl (C=O) groups is 1. The fraction of sp³-hybridized carbons (Fsp3) is 0.412. The highest BCUT2D eigenvalue weighted by molar-refractivity contribution is 5.96. The molecule has 1 fully saturated rings. The normalized spacial score (nSPS) is 22.6. The van der Waals surface area contributed by atoms with Crippen molar-refractivity contribution in [2.75, 3.05) is 18.8 Å². The first kappa shape index (κ1) is 14.9. The summed E-state index contributed by atoms with van der Waals surface area (Å²) in [5.74, 6) is 0.0372. The Morgan fingerprint density at radius 1 is 1.33 bits per heavy atom. The van der Waals surface area contributed by atoms with Crippen LogP contribution in [-0.4, -0.2) is 44.0 Å². The van der Waals surface area contributed by atoms with Crippen LogP contribution in [0.5, 0.6) is 5.75 Å². The van der Waals surface area contributed by atoms with Gasteiger partial charge in [0.05, 0.1) is 17.5 Å². The first-order valence-corrected chi connectivity index (χ1v) is 8.13. The number of aryl methyl sites for hydroxylation is 1. The molecule has 1 unspecified atom stereocenters. The quantitative estimate of drug-likeness (QED) is 0.818. The van der Waals surface area contributed by atoms with Crippen molar-refractivity contribution in [3.63, 3.8) is 0 Å². The topological polar surface area (TPSA) is 105 Å². The SMILES string of the molecule is Nc1ncc2c(n1)C1(CCCN(C(=O)c3ccncc3O)C1)CC2. The van der Waals surface area contributed by atoms with Gasteiger partial charge in [-0.15, -0.1) is 0 Å². The van der Waals surface area contributed by atoms with E-state index in [9.17, 15) is 9.90 Å². The van der Waals surface area contributed by atoms with Crippen LogP contribution in [-0.2, 0) is 11.8 Å². The molecular formula is C17H19N5O2. The van der Waals surface area contributed by atoms with E-state index in [1.807, 2.05) is 11.1 Å². The summed E-state index contributed by atoms with van der Waals surface area (Å²) in [6.45, 7) is 1.27. The highest BCUT2D eigenvalue weighted by Crippen LogP contribution is 2.44. The third-order valence-corrected chi connectivity index (χ3v) is 5.15. The number of aromatic hydroxyl groups is 1. The monoisotopic (exact) mass is 325 g/mol. The summed E-state index contributed by atoms with van der Waals surface area (Å²) >= 11 is 0. The van der Waals surface area contributed by atoms with E-state index in [1.54, 1.807) is 6.07 Å². The number of fused-ring (bicyclic) bond motifs is 2. The molecule has 1 atom stereocenters. The minimum absolute atomic E-state index is 0.0829. The summed E-state index contributed by atoms with van der Waals surface area (Å²) in [4.78, 5) is 27.0. The van der Waals surface area contributed by atoms with E-state index in [4.69, 9.17) is 5.73 Å². The molecule has 7 heteroatoms. The summed E-state index contributed by atoms with van der Waals surface area (Å²) in [6, 6.07) is 1.56. The minimum Gasteiger partial charge on any atom is -0.505 e. The van der Waals surface area contributed by atoms with Crippen molar-refractivity contribution in [2.45, 2.75) is 31.1 Å². The number of pyridine rings is 1. The minimum atomic E-state index is -0.163. The van der Waals surface area contributed by atoms with Gasteiger partial charge in [0.1, 0.15) is 5.75 Å². The number of anilines is 1. The van der Waals surface area contributed by atoms with Crippen LogP contribution in [0.4, 0.5) is 5.95 Å². The largest absolute Gasteiger partial charge is 0.505 e. The van der Waals surface area contributed by atoms with Gasteiger partial charge in [0.2, 0.25) is 5.95 Å². The number of carbonyl (C=O) groups excluding carboxylic acids is 1. The number of nitrogens with two attached hydrogens (primary N) is 1. The van der Waals surface area contributed by atoms with Gasteiger partial charge in [-0.2, -0.15) is 0 Å². The standard InChI is InChI=1S/C17H19N5O2/c18-16-20-8-11-2-5-17(14(11)21-16)4-1-7-22(10-17)15(24)12-3-6-19-9-13(12)23/h3,6,8-9,23H,1-2,4-5,7,10H2,(H2,18,20,21). The van der Waals surface area contributed by atoms with Crippen molar-refractivity contribution in [1.29, 1.82) is 0 Å². The van der Waals surface area contributed by atoms with Crippen LogP contribution < -0.4 is 5.73 Å². The fourth-order valence-electron chi connectivity index (χ4n) is 3.99. The maximum absolute atomic E-state index is 12.8.